The Hall–Kier alpha value is -3.91. The molecular formula is C34H49N5O8S. The van der Waals surface area contributed by atoms with Gasteiger partial charge in [0.2, 0.25) is 17.7 Å². The highest BCUT2D eigenvalue weighted by atomic mass is 32.2. The molecule has 2 aromatic rings. The van der Waals surface area contributed by atoms with Crippen molar-refractivity contribution in [2.45, 2.75) is 109 Å². The molecule has 0 aliphatic heterocycles. The number of aromatic amines is 1. The van der Waals surface area contributed by atoms with Crippen LogP contribution in [0.1, 0.15) is 84.6 Å². The first kappa shape index (κ1) is 38.5. The number of carboxylic acid groups (broad SMARTS) is 1. The second kappa shape index (κ2) is 17.0. The van der Waals surface area contributed by atoms with Gasteiger partial charge in [-0.15, -0.1) is 0 Å². The SMILES string of the molecule is CSCC[C@H](NC(=O)[C@@H](N)Cc1c[nH]c2ccccc12)C(=O)N[C@@H](CC(=O)O)C(=O)N(C(=O)CC1(C)CCCCC1)C(=O)OC(C)(C)C. The number of thioether (sulfide) groups is 1. The number of imide groups is 3. The van der Waals surface area contributed by atoms with Crippen LogP contribution in [0.2, 0.25) is 0 Å². The van der Waals surface area contributed by atoms with Gasteiger partial charge in [0.1, 0.15) is 17.7 Å². The van der Waals surface area contributed by atoms with E-state index in [2.05, 4.69) is 15.6 Å². The Bertz CT molecular complexity index is 1480. The Morgan fingerprint density at radius 2 is 1.69 bits per heavy atom. The van der Waals surface area contributed by atoms with Gasteiger partial charge in [-0.2, -0.15) is 16.7 Å². The summed E-state index contributed by atoms with van der Waals surface area (Å²) in [5.41, 5.74) is 6.42. The number of amides is 5. The van der Waals surface area contributed by atoms with E-state index in [-0.39, 0.29) is 19.3 Å². The van der Waals surface area contributed by atoms with Crippen LogP contribution in [-0.4, -0.2) is 86.4 Å². The summed E-state index contributed by atoms with van der Waals surface area (Å²) in [4.78, 5) is 83.0. The Balaban J connectivity index is 1.82. The first-order chi connectivity index (χ1) is 22.5. The van der Waals surface area contributed by atoms with Gasteiger partial charge < -0.3 is 31.2 Å². The second-order valence-electron chi connectivity index (χ2n) is 13.8. The average molecular weight is 688 g/mol. The first-order valence-corrected chi connectivity index (χ1v) is 17.6. The lowest BCUT2D eigenvalue weighted by molar-refractivity contribution is -0.150. The molecule has 13 nitrogen and oxygen atoms in total. The monoisotopic (exact) mass is 687 g/mol. The zero-order valence-electron chi connectivity index (χ0n) is 28.4. The van der Waals surface area contributed by atoms with Crippen molar-refractivity contribution in [3.05, 3.63) is 36.0 Å². The normalized spacial score (nSPS) is 16.3. The van der Waals surface area contributed by atoms with E-state index in [1.807, 2.05) is 37.4 Å². The van der Waals surface area contributed by atoms with Crippen LogP contribution < -0.4 is 16.4 Å². The van der Waals surface area contributed by atoms with Crippen LogP contribution in [0.15, 0.2) is 30.5 Å². The fraction of sp³-hybridized carbons (Fsp3) is 0.588. The number of nitrogens with one attached hydrogen (secondary N) is 3. The minimum atomic E-state index is -1.81. The average Bonchev–Trinajstić information content (AvgIpc) is 3.40. The molecule has 0 spiro atoms. The number of H-pyrrole nitrogens is 1. The summed E-state index contributed by atoms with van der Waals surface area (Å²) in [6.45, 7) is 6.62. The van der Waals surface area contributed by atoms with E-state index in [1.165, 1.54) is 11.8 Å². The number of nitrogens with two attached hydrogens (primary N) is 1. The van der Waals surface area contributed by atoms with E-state index in [0.717, 1.165) is 48.6 Å². The van der Waals surface area contributed by atoms with Crippen molar-refractivity contribution in [1.82, 2.24) is 20.5 Å². The maximum Gasteiger partial charge on any atom is 0.424 e. The number of hydrogen-bond donors (Lipinski definition) is 5. The second-order valence-corrected chi connectivity index (χ2v) is 14.8. The fourth-order valence-electron chi connectivity index (χ4n) is 5.86. The largest absolute Gasteiger partial charge is 0.481 e. The summed E-state index contributed by atoms with van der Waals surface area (Å²) >= 11 is 1.42. The maximum absolute atomic E-state index is 13.9. The number of para-hydroxylation sites is 1. The molecule has 5 amide bonds. The first-order valence-electron chi connectivity index (χ1n) is 16.3. The topological polar surface area (TPSA) is 201 Å². The van der Waals surface area contributed by atoms with Crippen molar-refractivity contribution < 1.29 is 38.6 Å². The number of aliphatic carboxylic acids is 1. The molecule has 1 aliphatic rings. The summed E-state index contributed by atoms with van der Waals surface area (Å²) in [6.07, 6.45) is 5.87. The molecule has 3 rings (SSSR count). The lowest BCUT2D eigenvalue weighted by atomic mass is 9.73. The van der Waals surface area contributed by atoms with Gasteiger partial charge in [-0.1, -0.05) is 44.4 Å². The van der Waals surface area contributed by atoms with Crippen LogP contribution in [0.3, 0.4) is 0 Å². The molecule has 1 fully saturated rings. The molecule has 48 heavy (non-hydrogen) atoms. The number of aromatic nitrogens is 1. The molecule has 0 unspecified atom stereocenters. The third kappa shape index (κ3) is 11.1. The van der Waals surface area contributed by atoms with Crippen LogP contribution in [0, 0.1) is 5.41 Å². The number of hydrogen-bond acceptors (Lipinski definition) is 9. The van der Waals surface area contributed by atoms with Crippen LogP contribution in [0.5, 0.6) is 0 Å². The van der Waals surface area contributed by atoms with Crippen LogP contribution >= 0.6 is 11.8 Å². The molecule has 0 radical (unpaired) electrons. The van der Waals surface area contributed by atoms with Crippen LogP contribution in [-0.2, 0) is 35.1 Å². The number of carbonyl (C=O) groups excluding carboxylic acids is 5. The highest BCUT2D eigenvalue weighted by Crippen LogP contribution is 2.39. The highest BCUT2D eigenvalue weighted by Gasteiger charge is 2.42. The van der Waals surface area contributed by atoms with E-state index in [1.54, 1.807) is 27.0 Å². The van der Waals surface area contributed by atoms with E-state index in [4.69, 9.17) is 10.5 Å². The van der Waals surface area contributed by atoms with Crippen molar-refractivity contribution >= 4 is 58.4 Å². The summed E-state index contributed by atoms with van der Waals surface area (Å²) in [6, 6.07) is 3.54. The summed E-state index contributed by atoms with van der Waals surface area (Å²) < 4.78 is 5.38. The number of nitrogens with zero attached hydrogens (tertiary/aromatic N) is 1. The summed E-state index contributed by atoms with van der Waals surface area (Å²) in [5, 5.41) is 15.6. The zero-order valence-corrected chi connectivity index (χ0v) is 29.2. The number of benzene rings is 1. The number of rotatable bonds is 14. The van der Waals surface area contributed by atoms with E-state index >= 15 is 0 Å². The van der Waals surface area contributed by atoms with E-state index < -0.39 is 71.3 Å². The van der Waals surface area contributed by atoms with Crippen molar-refractivity contribution in [3.63, 3.8) is 0 Å². The van der Waals surface area contributed by atoms with Gasteiger partial charge in [0.05, 0.1) is 12.5 Å². The van der Waals surface area contributed by atoms with Gasteiger partial charge in [-0.25, -0.2) is 4.79 Å². The maximum atomic E-state index is 13.9. The smallest absolute Gasteiger partial charge is 0.424 e. The van der Waals surface area contributed by atoms with E-state index in [9.17, 15) is 33.9 Å². The molecule has 1 aliphatic carbocycles. The highest BCUT2D eigenvalue weighted by molar-refractivity contribution is 7.98. The minimum absolute atomic E-state index is 0.132. The molecular weight excluding hydrogens is 638 g/mol. The molecule has 0 saturated heterocycles. The van der Waals surface area contributed by atoms with Crippen molar-refractivity contribution in [3.8, 4) is 0 Å². The van der Waals surface area contributed by atoms with Gasteiger partial charge in [0, 0.05) is 23.5 Å². The molecule has 264 valence electrons. The third-order valence-electron chi connectivity index (χ3n) is 8.37. The molecule has 1 saturated carbocycles. The van der Waals surface area contributed by atoms with Crippen molar-refractivity contribution in [2.24, 2.45) is 11.1 Å². The molecule has 6 N–H and O–H groups in total. The Morgan fingerprint density at radius 1 is 1.04 bits per heavy atom. The fourth-order valence-corrected chi connectivity index (χ4v) is 6.34. The molecule has 1 aromatic carbocycles. The minimum Gasteiger partial charge on any atom is -0.481 e. The van der Waals surface area contributed by atoms with Crippen molar-refractivity contribution in [1.29, 1.82) is 0 Å². The Kier molecular flexibility index (Phi) is 13.6. The zero-order chi connectivity index (χ0) is 35.6. The van der Waals surface area contributed by atoms with Gasteiger partial charge in [0.15, 0.2) is 0 Å². The lowest BCUT2D eigenvalue weighted by Gasteiger charge is -2.35. The molecule has 0 bridgehead atoms. The van der Waals surface area contributed by atoms with Gasteiger partial charge in [-0.05, 0) is 75.5 Å². The summed E-state index contributed by atoms with van der Waals surface area (Å²) in [5.74, 6) is -4.54. The molecule has 3 atom stereocenters. The quantitative estimate of drug-likeness (QED) is 0.194. The number of fused-ring (bicyclic) bond motifs is 1. The lowest BCUT2D eigenvalue weighted by Crippen LogP contribution is -2.58. The van der Waals surface area contributed by atoms with Gasteiger partial charge >= 0.3 is 12.1 Å². The molecule has 14 heteroatoms. The standard InChI is InChI=1S/C34H49N5O8S/c1-33(2,3)47-32(46)39(27(40)19-34(4)14-9-6-10-15-34)31(45)26(18-28(41)42)38-30(44)25(13-16-48-5)37-29(43)23(35)17-21-20-36-24-12-8-7-11-22(21)24/h7-8,11-12,20,23,25-26,36H,6,9-10,13-19,35H2,1-5H3,(H,37,43)(H,38,44)(H,41,42)/t23-,25-,26-/m0/s1. The van der Waals surface area contributed by atoms with E-state index in [0.29, 0.717) is 10.7 Å². The van der Waals surface area contributed by atoms with Crippen LogP contribution in [0.4, 0.5) is 4.79 Å². The van der Waals surface area contributed by atoms with Gasteiger partial charge in [-0.3, -0.25) is 24.0 Å². The molecule has 1 heterocycles. The number of ether oxygens (including phenoxy) is 1. The third-order valence-corrected chi connectivity index (χ3v) is 9.02. The Morgan fingerprint density at radius 3 is 2.31 bits per heavy atom. The molecule has 1 aromatic heterocycles. The number of carbonyl (C=O) groups is 6. The predicted molar refractivity (Wildman–Crippen MR) is 183 cm³/mol. The number of carboxylic acids is 1. The Labute approximate surface area is 285 Å². The van der Waals surface area contributed by atoms with Gasteiger partial charge in [0.25, 0.3) is 5.91 Å². The van der Waals surface area contributed by atoms with Crippen LogP contribution in [0.25, 0.3) is 10.9 Å². The van der Waals surface area contributed by atoms with Crippen molar-refractivity contribution in [2.75, 3.05) is 12.0 Å². The predicted octanol–water partition coefficient (Wildman–Crippen LogP) is 3.89. The summed E-state index contributed by atoms with van der Waals surface area (Å²) in [7, 11) is 0.